The van der Waals surface area contributed by atoms with E-state index in [-0.39, 0.29) is 0 Å². The average molecular weight is 268 g/mol. The SMILES string of the molecule is Cc1nc(CN2CCC(C)(C(=O)O)CC2)sc1C. The lowest BCUT2D eigenvalue weighted by Crippen LogP contribution is -2.42. The molecule has 1 N–H and O–H groups in total. The van der Waals surface area contributed by atoms with Gasteiger partial charge in [0.2, 0.25) is 0 Å². The molecule has 0 aromatic carbocycles. The van der Waals surface area contributed by atoms with Gasteiger partial charge < -0.3 is 5.11 Å². The van der Waals surface area contributed by atoms with Crippen LogP contribution in [0.3, 0.4) is 0 Å². The van der Waals surface area contributed by atoms with Gasteiger partial charge in [-0.15, -0.1) is 11.3 Å². The van der Waals surface area contributed by atoms with Crippen LogP contribution in [0.5, 0.6) is 0 Å². The smallest absolute Gasteiger partial charge is 0.309 e. The lowest BCUT2D eigenvalue weighted by atomic mass is 9.80. The van der Waals surface area contributed by atoms with E-state index in [1.54, 1.807) is 11.3 Å². The maximum atomic E-state index is 11.2. The van der Waals surface area contributed by atoms with Crippen LogP contribution in [0.25, 0.3) is 0 Å². The molecule has 2 heterocycles. The highest BCUT2D eigenvalue weighted by Crippen LogP contribution is 2.32. The Morgan fingerprint density at radius 1 is 1.44 bits per heavy atom. The first-order valence-electron chi connectivity index (χ1n) is 6.29. The van der Waals surface area contributed by atoms with Gasteiger partial charge in [0, 0.05) is 4.88 Å². The van der Waals surface area contributed by atoms with Crippen molar-refractivity contribution in [3.05, 3.63) is 15.6 Å². The molecule has 0 amide bonds. The number of nitrogens with zero attached hydrogens (tertiary/aromatic N) is 2. The second-order valence-electron chi connectivity index (χ2n) is 5.39. The van der Waals surface area contributed by atoms with Gasteiger partial charge in [-0.05, 0) is 46.7 Å². The predicted octanol–water partition coefficient (Wildman–Crippen LogP) is 2.45. The molecule has 1 aromatic rings. The molecular weight excluding hydrogens is 248 g/mol. The summed E-state index contributed by atoms with van der Waals surface area (Å²) in [6.45, 7) is 8.53. The molecule has 1 saturated heterocycles. The number of aryl methyl sites for hydroxylation is 2. The zero-order chi connectivity index (χ0) is 13.3. The number of carbonyl (C=O) groups is 1. The van der Waals surface area contributed by atoms with Crippen LogP contribution in [-0.2, 0) is 11.3 Å². The first kappa shape index (κ1) is 13.5. The van der Waals surface area contributed by atoms with Crippen molar-refractivity contribution < 1.29 is 9.90 Å². The average Bonchev–Trinajstić information content (AvgIpc) is 2.61. The number of aliphatic carboxylic acids is 1. The fraction of sp³-hybridized carbons (Fsp3) is 0.692. The van der Waals surface area contributed by atoms with Crippen LogP contribution >= 0.6 is 11.3 Å². The largest absolute Gasteiger partial charge is 0.481 e. The predicted molar refractivity (Wildman–Crippen MR) is 71.8 cm³/mol. The van der Waals surface area contributed by atoms with Gasteiger partial charge in [-0.1, -0.05) is 0 Å². The lowest BCUT2D eigenvalue weighted by Gasteiger charge is -2.35. The summed E-state index contributed by atoms with van der Waals surface area (Å²) in [6.07, 6.45) is 1.46. The molecule has 4 nitrogen and oxygen atoms in total. The van der Waals surface area contributed by atoms with E-state index in [4.69, 9.17) is 0 Å². The number of likely N-dealkylation sites (tertiary alicyclic amines) is 1. The quantitative estimate of drug-likeness (QED) is 0.915. The van der Waals surface area contributed by atoms with Gasteiger partial charge in [0.15, 0.2) is 0 Å². The van der Waals surface area contributed by atoms with Crippen LogP contribution in [0.15, 0.2) is 0 Å². The van der Waals surface area contributed by atoms with Crippen molar-refractivity contribution in [1.82, 2.24) is 9.88 Å². The van der Waals surface area contributed by atoms with Gasteiger partial charge in [0.05, 0.1) is 17.7 Å². The van der Waals surface area contributed by atoms with Gasteiger partial charge in [-0.25, -0.2) is 4.98 Å². The topological polar surface area (TPSA) is 53.4 Å². The van der Waals surface area contributed by atoms with Crippen molar-refractivity contribution in [1.29, 1.82) is 0 Å². The highest BCUT2D eigenvalue weighted by molar-refractivity contribution is 7.11. The van der Waals surface area contributed by atoms with Crippen molar-refractivity contribution in [3.8, 4) is 0 Å². The number of hydrogen-bond acceptors (Lipinski definition) is 4. The second kappa shape index (κ2) is 4.97. The molecule has 0 atom stereocenters. The maximum Gasteiger partial charge on any atom is 0.309 e. The summed E-state index contributed by atoms with van der Waals surface area (Å²) in [6, 6.07) is 0. The molecule has 1 aliphatic heterocycles. The minimum atomic E-state index is -0.664. The van der Waals surface area contributed by atoms with Crippen molar-refractivity contribution in [2.45, 2.75) is 40.2 Å². The zero-order valence-corrected chi connectivity index (χ0v) is 12.0. The Kier molecular flexibility index (Phi) is 3.73. The van der Waals surface area contributed by atoms with Crippen LogP contribution in [0.1, 0.15) is 35.3 Å². The Bertz CT molecular complexity index is 428. The molecule has 1 aliphatic rings. The molecule has 2 rings (SSSR count). The van der Waals surface area contributed by atoms with Gasteiger partial charge in [0.1, 0.15) is 5.01 Å². The molecule has 0 aliphatic carbocycles. The molecule has 0 unspecified atom stereocenters. The molecule has 5 heteroatoms. The number of thiazole rings is 1. The van der Waals surface area contributed by atoms with Crippen molar-refractivity contribution in [3.63, 3.8) is 0 Å². The molecule has 18 heavy (non-hydrogen) atoms. The van der Waals surface area contributed by atoms with E-state index < -0.39 is 11.4 Å². The standard InChI is InChI=1S/C13H20N2O2S/c1-9-10(2)18-11(14-9)8-15-6-4-13(3,5-7-15)12(16)17/h4-8H2,1-3H3,(H,16,17). The van der Waals surface area contributed by atoms with E-state index in [0.717, 1.165) is 43.2 Å². The van der Waals surface area contributed by atoms with Crippen molar-refractivity contribution in [2.24, 2.45) is 5.41 Å². The first-order valence-corrected chi connectivity index (χ1v) is 7.11. The Morgan fingerprint density at radius 3 is 2.50 bits per heavy atom. The summed E-state index contributed by atoms with van der Waals surface area (Å²) in [5.41, 5.74) is 0.577. The fourth-order valence-electron chi connectivity index (χ4n) is 2.22. The van der Waals surface area contributed by atoms with Gasteiger partial charge in [-0.3, -0.25) is 9.69 Å². The minimum absolute atomic E-state index is 0.536. The van der Waals surface area contributed by atoms with E-state index in [0.29, 0.717) is 0 Å². The van der Waals surface area contributed by atoms with E-state index in [1.165, 1.54) is 4.88 Å². The third-order valence-corrected chi connectivity index (χ3v) is 4.97. The molecular formula is C13H20N2O2S. The maximum absolute atomic E-state index is 11.2. The zero-order valence-electron chi connectivity index (χ0n) is 11.2. The Hall–Kier alpha value is -0.940. The molecule has 0 radical (unpaired) electrons. The van der Waals surface area contributed by atoms with Gasteiger partial charge in [0.25, 0.3) is 0 Å². The molecule has 0 bridgehead atoms. The Balaban J connectivity index is 1.93. The number of aromatic nitrogens is 1. The third-order valence-electron chi connectivity index (χ3n) is 3.91. The van der Waals surface area contributed by atoms with E-state index in [9.17, 15) is 9.90 Å². The lowest BCUT2D eigenvalue weighted by molar-refractivity contribution is -0.150. The summed E-state index contributed by atoms with van der Waals surface area (Å²) in [4.78, 5) is 19.3. The van der Waals surface area contributed by atoms with Gasteiger partial charge in [-0.2, -0.15) is 0 Å². The van der Waals surface area contributed by atoms with E-state index in [2.05, 4.69) is 16.8 Å². The molecule has 0 saturated carbocycles. The van der Waals surface area contributed by atoms with Crippen LogP contribution in [0, 0.1) is 19.3 Å². The Morgan fingerprint density at radius 2 is 2.06 bits per heavy atom. The van der Waals surface area contributed by atoms with Crippen LogP contribution < -0.4 is 0 Å². The first-order chi connectivity index (χ1) is 8.40. The molecule has 0 spiro atoms. The van der Waals surface area contributed by atoms with E-state index in [1.807, 2.05) is 13.8 Å². The summed E-state index contributed by atoms with van der Waals surface area (Å²) < 4.78 is 0. The number of hydrogen-bond donors (Lipinski definition) is 1. The minimum Gasteiger partial charge on any atom is -0.481 e. The second-order valence-corrected chi connectivity index (χ2v) is 6.68. The summed E-state index contributed by atoms with van der Waals surface area (Å²) >= 11 is 1.75. The monoisotopic (exact) mass is 268 g/mol. The summed E-state index contributed by atoms with van der Waals surface area (Å²) in [7, 11) is 0. The number of piperidine rings is 1. The summed E-state index contributed by atoms with van der Waals surface area (Å²) in [5.74, 6) is -0.664. The summed E-state index contributed by atoms with van der Waals surface area (Å²) in [5, 5.41) is 10.3. The van der Waals surface area contributed by atoms with Crippen molar-refractivity contribution in [2.75, 3.05) is 13.1 Å². The van der Waals surface area contributed by atoms with E-state index >= 15 is 0 Å². The Labute approximate surface area is 112 Å². The van der Waals surface area contributed by atoms with Crippen LogP contribution in [0.2, 0.25) is 0 Å². The number of carboxylic acid groups (broad SMARTS) is 1. The van der Waals surface area contributed by atoms with Gasteiger partial charge >= 0.3 is 5.97 Å². The third kappa shape index (κ3) is 2.72. The van der Waals surface area contributed by atoms with Crippen LogP contribution in [-0.4, -0.2) is 34.0 Å². The number of rotatable bonds is 3. The highest BCUT2D eigenvalue weighted by atomic mass is 32.1. The van der Waals surface area contributed by atoms with Crippen LogP contribution in [0.4, 0.5) is 0 Å². The number of carboxylic acids is 1. The molecule has 1 aromatic heterocycles. The normalized spacial score (nSPS) is 19.9. The molecule has 1 fully saturated rings. The fourth-order valence-corrected chi connectivity index (χ4v) is 3.19. The van der Waals surface area contributed by atoms with Crippen molar-refractivity contribution >= 4 is 17.3 Å². The highest BCUT2D eigenvalue weighted by Gasteiger charge is 2.36. The molecule has 100 valence electrons.